The van der Waals surface area contributed by atoms with Gasteiger partial charge >= 0.3 is 0 Å². The average Bonchev–Trinajstić information content (AvgIpc) is 2.89. The highest BCUT2D eigenvalue weighted by Gasteiger charge is 2.34. The Bertz CT molecular complexity index is 743. The molecule has 2 aromatic rings. The van der Waals surface area contributed by atoms with Gasteiger partial charge in [0.1, 0.15) is 17.4 Å². The molecule has 1 fully saturated rings. The minimum Gasteiger partial charge on any atom is -0.457 e. The van der Waals surface area contributed by atoms with Gasteiger partial charge in [-0.25, -0.2) is 0 Å². The van der Waals surface area contributed by atoms with Crippen LogP contribution in [0, 0.1) is 5.92 Å². The number of para-hydroxylation sites is 1. The fourth-order valence-corrected chi connectivity index (χ4v) is 2.23. The first-order valence-corrected chi connectivity index (χ1v) is 7.34. The van der Waals surface area contributed by atoms with Crippen LogP contribution in [0.5, 0.6) is 11.5 Å². The number of benzene rings is 2. The number of anilines is 1. The highest BCUT2D eigenvalue weighted by atomic mass is 16.5. The Morgan fingerprint density at radius 2 is 1.50 bits per heavy atom. The molecule has 0 unspecified atom stereocenters. The number of hydrazine groups is 1. The van der Waals surface area contributed by atoms with E-state index in [0.717, 1.165) is 0 Å². The topological polar surface area (TPSA) is 96.5 Å². The lowest BCUT2D eigenvalue weighted by Gasteiger charge is -2.09. The lowest BCUT2D eigenvalue weighted by atomic mass is 10.1. The maximum absolute atomic E-state index is 11.9. The smallest absolute Gasteiger partial charge is 0.251 e. The maximum atomic E-state index is 11.9. The molecule has 0 bridgehead atoms. The first-order chi connectivity index (χ1) is 11.6. The standard InChI is InChI=1S/C17H15N3O4/c21-15(10-14-16(22)19-20-17(14)23)18-11-6-8-13(9-7-11)24-12-4-2-1-3-5-12/h1-9,14H,10H2,(H,18,21)(H,19,22)(H,20,23). The maximum Gasteiger partial charge on any atom is 0.251 e. The molecule has 3 amide bonds. The number of hydrogen-bond acceptors (Lipinski definition) is 4. The molecule has 3 rings (SSSR count). The van der Waals surface area contributed by atoms with Crippen LogP contribution in [0.4, 0.5) is 5.69 Å². The van der Waals surface area contributed by atoms with Gasteiger partial charge in [0.05, 0.1) is 0 Å². The first-order valence-electron chi connectivity index (χ1n) is 7.34. The Balaban J connectivity index is 1.57. The molecule has 2 aromatic carbocycles. The van der Waals surface area contributed by atoms with Crippen molar-refractivity contribution in [3.63, 3.8) is 0 Å². The molecule has 0 atom stereocenters. The fraction of sp³-hybridized carbons (Fsp3) is 0.118. The fourth-order valence-electron chi connectivity index (χ4n) is 2.23. The molecular formula is C17H15N3O4. The van der Waals surface area contributed by atoms with Gasteiger partial charge in [0.25, 0.3) is 11.8 Å². The molecule has 7 nitrogen and oxygen atoms in total. The summed E-state index contributed by atoms with van der Waals surface area (Å²) >= 11 is 0. The zero-order valence-corrected chi connectivity index (χ0v) is 12.6. The van der Waals surface area contributed by atoms with E-state index in [4.69, 9.17) is 4.74 Å². The van der Waals surface area contributed by atoms with Crippen LogP contribution >= 0.6 is 0 Å². The summed E-state index contributed by atoms with van der Waals surface area (Å²) in [6.07, 6.45) is -0.208. The van der Waals surface area contributed by atoms with E-state index in [1.807, 2.05) is 30.3 Å². The molecular weight excluding hydrogens is 310 g/mol. The summed E-state index contributed by atoms with van der Waals surface area (Å²) in [5.41, 5.74) is 4.92. The van der Waals surface area contributed by atoms with Gasteiger partial charge in [0.15, 0.2) is 0 Å². The third-order valence-electron chi connectivity index (χ3n) is 3.45. The molecule has 1 heterocycles. The highest BCUT2D eigenvalue weighted by Crippen LogP contribution is 2.22. The van der Waals surface area contributed by atoms with E-state index in [1.165, 1.54) is 0 Å². The van der Waals surface area contributed by atoms with Crippen molar-refractivity contribution in [1.29, 1.82) is 0 Å². The van der Waals surface area contributed by atoms with Gasteiger partial charge < -0.3 is 10.1 Å². The molecule has 0 aliphatic carbocycles. The van der Waals surface area contributed by atoms with Crippen molar-refractivity contribution in [2.45, 2.75) is 6.42 Å². The van der Waals surface area contributed by atoms with E-state index >= 15 is 0 Å². The molecule has 0 radical (unpaired) electrons. The number of carbonyl (C=O) groups excluding carboxylic acids is 3. The van der Waals surface area contributed by atoms with Crippen molar-refractivity contribution >= 4 is 23.4 Å². The monoisotopic (exact) mass is 325 g/mol. The molecule has 1 aliphatic heterocycles. The minimum absolute atomic E-state index is 0.208. The summed E-state index contributed by atoms with van der Waals surface area (Å²) < 4.78 is 5.66. The molecule has 7 heteroatoms. The second-order valence-corrected chi connectivity index (χ2v) is 5.22. The zero-order chi connectivity index (χ0) is 16.9. The van der Waals surface area contributed by atoms with Gasteiger partial charge in [0, 0.05) is 12.1 Å². The lowest BCUT2D eigenvalue weighted by Crippen LogP contribution is -2.28. The van der Waals surface area contributed by atoms with Gasteiger partial charge in [-0.1, -0.05) is 18.2 Å². The van der Waals surface area contributed by atoms with Crippen LogP contribution in [0.25, 0.3) is 0 Å². The Kier molecular flexibility index (Phi) is 4.42. The van der Waals surface area contributed by atoms with Crippen LogP contribution < -0.4 is 20.9 Å². The predicted octanol–water partition coefficient (Wildman–Crippen LogP) is 1.58. The second-order valence-electron chi connectivity index (χ2n) is 5.22. The van der Waals surface area contributed by atoms with Crippen molar-refractivity contribution in [3.05, 3.63) is 54.6 Å². The number of amides is 3. The van der Waals surface area contributed by atoms with Crippen molar-refractivity contribution < 1.29 is 19.1 Å². The average molecular weight is 325 g/mol. The van der Waals surface area contributed by atoms with Crippen LogP contribution in [0.1, 0.15) is 6.42 Å². The van der Waals surface area contributed by atoms with Crippen LogP contribution in [0.3, 0.4) is 0 Å². The normalized spacial score (nSPS) is 14.0. The summed E-state index contributed by atoms with van der Waals surface area (Å²) in [7, 11) is 0. The Morgan fingerprint density at radius 1 is 0.917 bits per heavy atom. The second kappa shape index (κ2) is 6.82. The van der Waals surface area contributed by atoms with E-state index in [2.05, 4.69) is 16.2 Å². The molecule has 122 valence electrons. The van der Waals surface area contributed by atoms with E-state index in [1.54, 1.807) is 24.3 Å². The van der Waals surface area contributed by atoms with Crippen molar-refractivity contribution in [2.24, 2.45) is 5.92 Å². The van der Waals surface area contributed by atoms with Gasteiger partial charge in [-0.3, -0.25) is 25.2 Å². The molecule has 0 aromatic heterocycles. The number of carbonyl (C=O) groups is 3. The van der Waals surface area contributed by atoms with Crippen molar-refractivity contribution in [2.75, 3.05) is 5.32 Å². The molecule has 1 saturated heterocycles. The Hall–Kier alpha value is -3.35. The Labute approximate surface area is 138 Å². The van der Waals surface area contributed by atoms with Gasteiger partial charge in [-0.2, -0.15) is 0 Å². The third-order valence-corrected chi connectivity index (χ3v) is 3.45. The lowest BCUT2D eigenvalue weighted by molar-refractivity contribution is -0.131. The number of nitrogens with one attached hydrogen (secondary N) is 3. The minimum atomic E-state index is -0.995. The molecule has 0 spiro atoms. The van der Waals surface area contributed by atoms with Crippen LogP contribution in [-0.4, -0.2) is 17.7 Å². The highest BCUT2D eigenvalue weighted by molar-refractivity contribution is 6.08. The number of hydrogen-bond donors (Lipinski definition) is 3. The number of ether oxygens (including phenoxy) is 1. The first kappa shape index (κ1) is 15.5. The predicted molar refractivity (Wildman–Crippen MR) is 86.0 cm³/mol. The van der Waals surface area contributed by atoms with Crippen molar-refractivity contribution in [3.8, 4) is 11.5 Å². The van der Waals surface area contributed by atoms with Crippen molar-refractivity contribution in [1.82, 2.24) is 10.9 Å². The van der Waals surface area contributed by atoms with Crippen LogP contribution in [-0.2, 0) is 14.4 Å². The van der Waals surface area contributed by atoms with Gasteiger partial charge in [-0.15, -0.1) is 0 Å². The summed E-state index contributed by atoms with van der Waals surface area (Å²) in [6.45, 7) is 0. The van der Waals surface area contributed by atoms with Gasteiger partial charge in [0.2, 0.25) is 5.91 Å². The van der Waals surface area contributed by atoms with Crippen LogP contribution in [0.2, 0.25) is 0 Å². The summed E-state index contributed by atoms with van der Waals surface area (Å²) in [4.78, 5) is 34.7. The summed E-state index contributed by atoms with van der Waals surface area (Å²) in [5, 5.41) is 2.65. The van der Waals surface area contributed by atoms with E-state index < -0.39 is 23.6 Å². The quantitative estimate of drug-likeness (QED) is 0.727. The van der Waals surface area contributed by atoms with E-state index in [9.17, 15) is 14.4 Å². The SMILES string of the molecule is O=C(CC1C(=O)NNC1=O)Nc1ccc(Oc2ccccc2)cc1. The molecule has 24 heavy (non-hydrogen) atoms. The number of rotatable bonds is 5. The summed E-state index contributed by atoms with van der Waals surface area (Å²) in [5.74, 6) is -1.06. The third kappa shape index (κ3) is 3.70. The molecule has 0 saturated carbocycles. The van der Waals surface area contributed by atoms with E-state index in [0.29, 0.717) is 17.2 Å². The van der Waals surface area contributed by atoms with E-state index in [-0.39, 0.29) is 6.42 Å². The van der Waals surface area contributed by atoms with Gasteiger partial charge in [-0.05, 0) is 36.4 Å². The molecule has 1 aliphatic rings. The zero-order valence-electron chi connectivity index (χ0n) is 12.6. The Morgan fingerprint density at radius 3 is 2.12 bits per heavy atom. The van der Waals surface area contributed by atoms with Crippen LogP contribution in [0.15, 0.2) is 54.6 Å². The molecule has 3 N–H and O–H groups in total. The summed E-state index contributed by atoms with van der Waals surface area (Å²) in [6, 6.07) is 16.1. The largest absolute Gasteiger partial charge is 0.457 e.